The fourth-order valence-corrected chi connectivity index (χ4v) is 2.24. The molecule has 0 unspecified atom stereocenters. The molecule has 1 amide bonds. The van der Waals surface area contributed by atoms with Crippen LogP contribution in [-0.4, -0.2) is 12.5 Å². The van der Waals surface area contributed by atoms with Crippen molar-refractivity contribution >= 4 is 17.3 Å². The lowest BCUT2D eigenvalue weighted by atomic mass is 9.87. The number of hydrogen-bond donors (Lipinski definition) is 2. The topological polar surface area (TPSA) is 41.1 Å². The average molecular weight is 332 g/mol. The number of benzene rings is 2. The molecular formula is C19H22F2N2O. The summed E-state index contributed by atoms with van der Waals surface area (Å²) >= 11 is 0. The van der Waals surface area contributed by atoms with Gasteiger partial charge in [-0.05, 0) is 35.2 Å². The first-order chi connectivity index (χ1) is 11.3. The Kier molecular flexibility index (Phi) is 5.54. The van der Waals surface area contributed by atoms with Gasteiger partial charge in [0, 0.05) is 18.7 Å². The third-order valence-corrected chi connectivity index (χ3v) is 3.65. The van der Waals surface area contributed by atoms with Crippen LogP contribution in [0.3, 0.4) is 0 Å². The van der Waals surface area contributed by atoms with Gasteiger partial charge in [-0.1, -0.05) is 39.0 Å². The third-order valence-electron chi connectivity index (χ3n) is 3.65. The SMILES string of the molecule is CC(C)(C)c1ccc(NC(=O)CCNc2c(F)cccc2F)cc1. The molecule has 128 valence electrons. The zero-order valence-corrected chi connectivity index (χ0v) is 14.1. The summed E-state index contributed by atoms with van der Waals surface area (Å²) in [6.07, 6.45) is 0.106. The van der Waals surface area contributed by atoms with E-state index in [0.717, 1.165) is 0 Å². The molecule has 0 atom stereocenters. The van der Waals surface area contributed by atoms with E-state index in [1.165, 1.54) is 23.8 Å². The first-order valence-corrected chi connectivity index (χ1v) is 7.85. The molecule has 24 heavy (non-hydrogen) atoms. The molecule has 0 bridgehead atoms. The first kappa shape index (κ1) is 17.9. The van der Waals surface area contributed by atoms with Gasteiger partial charge in [-0.3, -0.25) is 4.79 Å². The zero-order valence-electron chi connectivity index (χ0n) is 14.1. The fourth-order valence-electron chi connectivity index (χ4n) is 2.24. The number of nitrogens with one attached hydrogen (secondary N) is 2. The standard InChI is InChI=1S/C19H22F2N2O/c1-19(2,3)13-7-9-14(10-8-13)23-17(24)11-12-22-18-15(20)5-4-6-16(18)21/h4-10,22H,11-12H2,1-3H3,(H,23,24). The van der Waals surface area contributed by atoms with E-state index in [4.69, 9.17) is 0 Å². The summed E-state index contributed by atoms with van der Waals surface area (Å²) in [7, 11) is 0. The van der Waals surface area contributed by atoms with Gasteiger partial charge in [0.25, 0.3) is 0 Å². The van der Waals surface area contributed by atoms with Crippen LogP contribution in [0.4, 0.5) is 20.2 Å². The number of anilines is 2. The highest BCUT2D eigenvalue weighted by Gasteiger charge is 2.13. The van der Waals surface area contributed by atoms with Crippen molar-refractivity contribution in [3.8, 4) is 0 Å². The smallest absolute Gasteiger partial charge is 0.226 e. The Bertz CT molecular complexity index is 686. The molecule has 2 aromatic rings. The van der Waals surface area contributed by atoms with Crippen LogP contribution in [0.5, 0.6) is 0 Å². The van der Waals surface area contributed by atoms with Gasteiger partial charge in [-0.2, -0.15) is 0 Å². The van der Waals surface area contributed by atoms with E-state index >= 15 is 0 Å². The number of rotatable bonds is 5. The normalized spacial score (nSPS) is 11.2. The lowest BCUT2D eigenvalue weighted by Crippen LogP contribution is -2.17. The lowest BCUT2D eigenvalue weighted by Gasteiger charge is -2.19. The molecule has 0 aliphatic rings. The summed E-state index contributed by atoms with van der Waals surface area (Å²) in [4.78, 5) is 11.9. The fraction of sp³-hybridized carbons (Fsp3) is 0.316. The van der Waals surface area contributed by atoms with Gasteiger partial charge in [-0.25, -0.2) is 8.78 Å². The Morgan fingerprint density at radius 1 is 1.00 bits per heavy atom. The number of carbonyl (C=O) groups is 1. The van der Waals surface area contributed by atoms with Crippen LogP contribution in [0, 0.1) is 11.6 Å². The first-order valence-electron chi connectivity index (χ1n) is 7.85. The molecule has 0 saturated heterocycles. The van der Waals surface area contributed by atoms with Crippen LogP contribution >= 0.6 is 0 Å². The minimum atomic E-state index is -0.673. The third kappa shape index (κ3) is 4.78. The van der Waals surface area contributed by atoms with E-state index < -0.39 is 11.6 Å². The van der Waals surface area contributed by atoms with E-state index in [1.54, 1.807) is 0 Å². The Labute approximate surface area is 141 Å². The number of halogens is 2. The van der Waals surface area contributed by atoms with Gasteiger partial charge in [0.15, 0.2) is 0 Å². The van der Waals surface area contributed by atoms with Crippen molar-refractivity contribution in [2.45, 2.75) is 32.6 Å². The van der Waals surface area contributed by atoms with Crippen molar-refractivity contribution in [3.05, 3.63) is 59.7 Å². The highest BCUT2D eigenvalue weighted by molar-refractivity contribution is 5.91. The highest BCUT2D eigenvalue weighted by atomic mass is 19.1. The summed E-state index contributed by atoms with van der Waals surface area (Å²) in [5, 5.41) is 5.39. The lowest BCUT2D eigenvalue weighted by molar-refractivity contribution is -0.115. The molecule has 3 nitrogen and oxygen atoms in total. The molecule has 0 saturated carbocycles. The minimum absolute atomic E-state index is 0.0519. The van der Waals surface area contributed by atoms with Gasteiger partial charge >= 0.3 is 0 Å². The summed E-state index contributed by atoms with van der Waals surface area (Å²) in [5.41, 5.74) is 1.72. The van der Waals surface area contributed by atoms with Gasteiger partial charge in [0.1, 0.15) is 17.3 Å². The Morgan fingerprint density at radius 3 is 2.12 bits per heavy atom. The second-order valence-electron chi connectivity index (χ2n) is 6.65. The zero-order chi connectivity index (χ0) is 17.7. The van der Waals surface area contributed by atoms with Crippen molar-refractivity contribution < 1.29 is 13.6 Å². The molecule has 0 aromatic heterocycles. The molecule has 0 spiro atoms. The molecule has 0 radical (unpaired) electrons. The quantitative estimate of drug-likeness (QED) is 0.833. The molecule has 2 aromatic carbocycles. The van der Waals surface area contributed by atoms with Gasteiger partial charge in [-0.15, -0.1) is 0 Å². The molecule has 2 N–H and O–H groups in total. The maximum Gasteiger partial charge on any atom is 0.226 e. The van der Waals surface area contributed by atoms with Crippen molar-refractivity contribution in [2.75, 3.05) is 17.2 Å². The summed E-state index contributed by atoms with van der Waals surface area (Å²) in [6, 6.07) is 11.3. The summed E-state index contributed by atoms with van der Waals surface area (Å²) in [5.74, 6) is -1.57. The average Bonchev–Trinajstić information content (AvgIpc) is 2.50. The predicted molar refractivity (Wildman–Crippen MR) is 93.2 cm³/mol. The number of carbonyl (C=O) groups excluding carboxylic acids is 1. The molecule has 0 heterocycles. The van der Waals surface area contributed by atoms with Crippen LogP contribution in [0.2, 0.25) is 0 Å². The molecule has 0 aliphatic carbocycles. The minimum Gasteiger partial charge on any atom is -0.380 e. The summed E-state index contributed by atoms with van der Waals surface area (Å²) < 4.78 is 26.9. The number of amides is 1. The Balaban J connectivity index is 1.85. The maximum atomic E-state index is 13.5. The number of para-hydroxylation sites is 1. The monoisotopic (exact) mass is 332 g/mol. The van der Waals surface area contributed by atoms with E-state index in [-0.39, 0.29) is 30.0 Å². The van der Waals surface area contributed by atoms with Crippen LogP contribution in [0.1, 0.15) is 32.8 Å². The van der Waals surface area contributed by atoms with Crippen LogP contribution < -0.4 is 10.6 Å². The molecule has 5 heteroatoms. The Morgan fingerprint density at radius 2 is 1.58 bits per heavy atom. The van der Waals surface area contributed by atoms with Crippen LogP contribution in [-0.2, 0) is 10.2 Å². The van der Waals surface area contributed by atoms with Crippen molar-refractivity contribution in [2.24, 2.45) is 0 Å². The highest BCUT2D eigenvalue weighted by Crippen LogP contribution is 2.23. The van der Waals surface area contributed by atoms with Gasteiger partial charge < -0.3 is 10.6 Å². The predicted octanol–water partition coefficient (Wildman–Crippen LogP) is 4.70. The second-order valence-corrected chi connectivity index (χ2v) is 6.65. The van der Waals surface area contributed by atoms with Crippen molar-refractivity contribution in [3.63, 3.8) is 0 Å². The van der Waals surface area contributed by atoms with Gasteiger partial charge in [0.05, 0.1) is 0 Å². The largest absolute Gasteiger partial charge is 0.380 e. The van der Waals surface area contributed by atoms with E-state index in [0.29, 0.717) is 5.69 Å². The second kappa shape index (κ2) is 7.43. The molecule has 2 rings (SSSR count). The van der Waals surface area contributed by atoms with Crippen LogP contribution in [0.25, 0.3) is 0 Å². The number of hydrogen-bond acceptors (Lipinski definition) is 2. The molecule has 0 aliphatic heterocycles. The van der Waals surface area contributed by atoms with Gasteiger partial charge in [0.2, 0.25) is 5.91 Å². The summed E-state index contributed by atoms with van der Waals surface area (Å²) in [6.45, 7) is 6.50. The van der Waals surface area contributed by atoms with Crippen molar-refractivity contribution in [1.29, 1.82) is 0 Å². The van der Waals surface area contributed by atoms with Crippen molar-refractivity contribution in [1.82, 2.24) is 0 Å². The molecular weight excluding hydrogens is 310 g/mol. The molecule has 0 fully saturated rings. The van der Waals surface area contributed by atoms with E-state index in [2.05, 4.69) is 31.4 Å². The van der Waals surface area contributed by atoms with E-state index in [9.17, 15) is 13.6 Å². The van der Waals surface area contributed by atoms with Crippen LogP contribution in [0.15, 0.2) is 42.5 Å². The Hall–Kier alpha value is -2.43. The van der Waals surface area contributed by atoms with E-state index in [1.807, 2.05) is 24.3 Å². The maximum absolute atomic E-state index is 13.5.